The van der Waals surface area contributed by atoms with Gasteiger partial charge >= 0.3 is 0 Å². The molecule has 0 fully saturated rings. The Labute approximate surface area is 110 Å². The van der Waals surface area contributed by atoms with Gasteiger partial charge in [-0.2, -0.15) is 0 Å². The predicted molar refractivity (Wildman–Crippen MR) is 79.0 cm³/mol. The fourth-order valence-electron chi connectivity index (χ4n) is 2.99. The van der Waals surface area contributed by atoms with Crippen molar-refractivity contribution in [3.63, 3.8) is 0 Å². The van der Waals surface area contributed by atoms with E-state index in [1.807, 2.05) is 0 Å². The first-order chi connectivity index (χ1) is 9.40. The highest BCUT2D eigenvalue weighted by Crippen LogP contribution is 2.46. The average molecular weight is 242 g/mol. The Morgan fingerprint density at radius 1 is 0.526 bits per heavy atom. The summed E-state index contributed by atoms with van der Waals surface area (Å²) in [6.45, 7) is 0. The normalized spacial score (nSPS) is 12.6. The number of ether oxygens (including phenoxy) is 1. The van der Waals surface area contributed by atoms with Gasteiger partial charge in [-0.05, 0) is 50.5 Å². The highest BCUT2D eigenvalue weighted by Gasteiger charge is 2.18. The van der Waals surface area contributed by atoms with Crippen molar-refractivity contribution in [3.8, 4) is 11.5 Å². The van der Waals surface area contributed by atoms with Crippen LogP contribution >= 0.6 is 0 Å². The van der Waals surface area contributed by atoms with Crippen molar-refractivity contribution in [3.05, 3.63) is 60.7 Å². The average Bonchev–Trinajstić information content (AvgIpc) is 3.01. The third-order valence-corrected chi connectivity index (χ3v) is 4.00. The lowest BCUT2D eigenvalue weighted by Crippen LogP contribution is -1.76. The molecule has 4 aromatic rings. The molecule has 0 atom stereocenters. The Morgan fingerprint density at radius 2 is 1.26 bits per heavy atom. The number of rotatable bonds is 0. The molecule has 5 rings (SSSR count). The van der Waals surface area contributed by atoms with E-state index in [0.717, 1.165) is 11.5 Å². The molecule has 0 aromatic heterocycles. The Morgan fingerprint density at radius 3 is 2.16 bits per heavy atom. The van der Waals surface area contributed by atoms with Crippen LogP contribution in [0.4, 0.5) is 0 Å². The molecule has 1 nitrogen and oxygen atoms in total. The first-order valence-electron chi connectivity index (χ1n) is 6.46. The van der Waals surface area contributed by atoms with Gasteiger partial charge < -0.3 is 4.74 Å². The molecule has 0 aliphatic carbocycles. The summed E-state index contributed by atoms with van der Waals surface area (Å²) in [5, 5.41) is 7.80. The summed E-state index contributed by atoms with van der Waals surface area (Å²) in [5.74, 6) is 2.00. The second-order valence-corrected chi connectivity index (χ2v) is 5.07. The van der Waals surface area contributed by atoms with Crippen LogP contribution in [0.1, 0.15) is 0 Å². The van der Waals surface area contributed by atoms with Crippen molar-refractivity contribution in [2.45, 2.75) is 0 Å². The number of hydrogen-bond acceptors (Lipinski definition) is 1. The van der Waals surface area contributed by atoms with Crippen molar-refractivity contribution in [1.82, 2.24) is 0 Å². The summed E-state index contributed by atoms with van der Waals surface area (Å²) >= 11 is 0. The lowest BCUT2D eigenvalue weighted by Gasteiger charge is -2.03. The molecule has 0 amide bonds. The smallest absolute Gasteiger partial charge is 0.170 e. The zero-order valence-electron chi connectivity index (χ0n) is 10.2. The van der Waals surface area contributed by atoms with Gasteiger partial charge in [-0.3, -0.25) is 0 Å². The van der Waals surface area contributed by atoms with E-state index in [4.69, 9.17) is 4.74 Å². The molecule has 88 valence electrons. The molecule has 1 heterocycles. The first-order valence-corrected chi connectivity index (χ1v) is 6.46. The van der Waals surface area contributed by atoms with Crippen LogP contribution in [0, 0.1) is 0 Å². The standard InChI is InChI=1S/C18H10O/c1-2-11-4-6-16-14-8-9-17-18(19-17)10-12(14)5-7-15(16)13(11)3-1/h1-10H. The summed E-state index contributed by atoms with van der Waals surface area (Å²) in [4.78, 5) is 0. The fourth-order valence-corrected chi connectivity index (χ4v) is 2.99. The minimum absolute atomic E-state index is 0.999. The van der Waals surface area contributed by atoms with Crippen LogP contribution in [0.3, 0.4) is 0 Å². The summed E-state index contributed by atoms with van der Waals surface area (Å²) in [7, 11) is 0. The van der Waals surface area contributed by atoms with Crippen LogP contribution in [-0.2, 0) is 0 Å². The zero-order valence-corrected chi connectivity index (χ0v) is 10.2. The van der Waals surface area contributed by atoms with Crippen molar-refractivity contribution in [2.75, 3.05) is 0 Å². The molecular weight excluding hydrogens is 232 g/mol. The van der Waals surface area contributed by atoms with Crippen LogP contribution in [0.25, 0.3) is 32.3 Å². The van der Waals surface area contributed by atoms with Gasteiger partial charge in [0.1, 0.15) is 0 Å². The lowest BCUT2D eigenvalue weighted by molar-refractivity contribution is 0.649. The third kappa shape index (κ3) is 1.19. The van der Waals surface area contributed by atoms with Crippen molar-refractivity contribution in [1.29, 1.82) is 0 Å². The molecule has 1 aliphatic rings. The molecule has 1 heteroatoms. The SMILES string of the molecule is c1cc2ccc3c4ccc5c(cc4ccc3c2c1)O5. The van der Waals surface area contributed by atoms with E-state index < -0.39 is 0 Å². The van der Waals surface area contributed by atoms with Gasteiger partial charge in [0.25, 0.3) is 0 Å². The number of benzene rings is 2. The minimum atomic E-state index is 0.999. The van der Waals surface area contributed by atoms with Crippen LogP contribution in [0.2, 0.25) is 0 Å². The van der Waals surface area contributed by atoms with Crippen LogP contribution in [0.15, 0.2) is 60.7 Å². The van der Waals surface area contributed by atoms with E-state index in [1.54, 1.807) is 0 Å². The van der Waals surface area contributed by atoms with E-state index in [-0.39, 0.29) is 0 Å². The van der Waals surface area contributed by atoms with Gasteiger partial charge in [-0.25, -0.2) is 0 Å². The molecule has 0 radical (unpaired) electrons. The van der Waals surface area contributed by atoms with Gasteiger partial charge in [0.15, 0.2) is 11.5 Å². The van der Waals surface area contributed by atoms with Crippen molar-refractivity contribution in [2.24, 2.45) is 0 Å². The van der Waals surface area contributed by atoms with E-state index in [9.17, 15) is 0 Å². The largest absolute Gasteiger partial charge is 0.449 e. The monoisotopic (exact) mass is 242 g/mol. The summed E-state index contributed by atoms with van der Waals surface area (Å²) in [5.41, 5.74) is 0. The Kier molecular flexibility index (Phi) is 1.52. The van der Waals surface area contributed by atoms with Gasteiger partial charge in [-0.1, -0.05) is 42.5 Å². The molecule has 1 aliphatic heterocycles. The van der Waals surface area contributed by atoms with E-state index in [2.05, 4.69) is 60.7 Å². The lowest BCUT2D eigenvalue weighted by atomic mass is 10.0. The maximum atomic E-state index is 5.38. The Bertz CT molecular complexity index is 983. The Balaban J connectivity index is 2.06. The molecular formula is C18H10O. The molecule has 0 unspecified atom stereocenters. The molecule has 0 spiro atoms. The van der Waals surface area contributed by atoms with Crippen LogP contribution in [0.5, 0.6) is 11.5 Å². The van der Waals surface area contributed by atoms with E-state index in [0.29, 0.717) is 0 Å². The minimum Gasteiger partial charge on any atom is -0.449 e. The molecule has 0 N–H and O–H groups in total. The van der Waals surface area contributed by atoms with Gasteiger partial charge in [-0.15, -0.1) is 0 Å². The molecule has 0 bridgehead atoms. The molecule has 0 saturated heterocycles. The zero-order chi connectivity index (χ0) is 12.4. The second kappa shape index (κ2) is 3.07. The topological polar surface area (TPSA) is 12.5 Å². The second-order valence-electron chi connectivity index (χ2n) is 5.07. The van der Waals surface area contributed by atoms with Crippen molar-refractivity contribution < 1.29 is 4.74 Å². The summed E-state index contributed by atoms with van der Waals surface area (Å²) in [6.07, 6.45) is 0. The van der Waals surface area contributed by atoms with Crippen molar-refractivity contribution >= 4 is 32.3 Å². The Hall–Kier alpha value is -2.54. The molecule has 0 saturated carbocycles. The maximum absolute atomic E-state index is 5.38. The predicted octanol–water partition coefficient (Wildman–Crippen LogP) is 5.25. The number of fused-ring (bicyclic) bond motifs is 6. The first kappa shape index (κ1) is 9.40. The number of hydrogen-bond donors (Lipinski definition) is 0. The molecule has 19 heavy (non-hydrogen) atoms. The van der Waals surface area contributed by atoms with Gasteiger partial charge in [0.05, 0.1) is 0 Å². The summed E-state index contributed by atoms with van der Waals surface area (Å²) in [6, 6.07) is 21.7. The van der Waals surface area contributed by atoms with E-state index >= 15 is 0 Å². The highest BCUT2D eigenvalue weighted by molar-refractivity contribution is 6.17. The summed E-state index contributed by atoms with van der Waals surface area (Å²) < 4.78 is 5.38. The van der Waals surface area contributed by atoms with Gasteiger partial charge in [0.2, 0.25) is 0 Å². The van der Waals surface area contributed by atoms with Crippen LogP contribution < -0.4 is 4.74 Å². The third-order valence-electron chi connectivity index (χ3n) is 4.00. The van der Waals surface area contributed by atoms with Gasteiger partial charge in [0, 0.05) is 0 Å². The van der Waals surface area contributed by atoms with Crippen LogP contribution in [-0.4, -0.2) is 0 Å². The fraction of sp³-hybridized carbons (Fsp3) is 0. The molecule has 4 aromatic carbocycles. The quantitative estimate of drug-likeness (QED) is 0.338. The van der Waals surface area contributed by atoms with E-state index in [1.165, 1.54) is 32.3 Å². The maximum Gasteiger partial charge on any atom is 0.170 e. The highest BCUT2D eigenvalue weighted by atomic mass is 16.6.